The van der Waals surface area contributed by atoms with Gasteiger partial charge in [0.15, 0.2) is 0 Å². The van der Waals surface area contributed by atoms with Gasteiger partial charge in [0.25, 0.3) is 5.69 Å². The van der Waals surface area contributed by atoms with E-state index < -0.39 is 4.92 Å². The zero-order chi connectivity index (χ0) is 17.1. The second-order valence-electron chi connectivity index (χ2n) is 6.00. The van der Waals surface area contributed by atoms with Gasteiger partial charge < -0.3 is 10.2 Å². The van der Waals surface area contributed by atoms with Crippen LogP contribution in [-0.2, 0) is 0 Å². The maximum Gasteiger partial charge on any atom is 0.322 e. The minimum atomic E-state index is -0.458. The Balaban J connectivity index is 1.72. The molecule has 1 heterocycles. The fourth-order valence-electron chi connectivity index (χ4n) is 3.10. The maximum atomic E-state index is 12.6. The number of anilines is 1. The summed E-state index contributed by atoms with van der Waals surface area (Å²) in [5.41, 5.74) is 2.88. The molecular formula is C18H19N3O3. The highest BCUT2D eigenvalue weighted by atomic mass is 16.6. The summed E-state index contributed by atoms with van der Waals surface area (Å²) in [5.74, 6) is 0. The van der Waals surface area contributed by atoms with E-state index in [1.807, 2.05) is 24.0 Å². The first-order valence-electron chi connectivity index (χ1n) is 7.93. The van der Waals surface area contributed by atoms with Gasteiger partial charge in [-0.1, -0.05) is 29.8 Å². The molecule has 1 aliphatic rings. The lowest BCUT2D eigenvalue weighted by Gasteiger charge is -2.25. The van der Waals surface area contributed by atoms with E-state index in [1.54, 1.807) is 12.1 Å². The molecule has 3 rings (SSSR count). The Morgan fingerprint density at radius 3 is 2.67 bits per heavy atom. The van der Waals surface area contributed by atoms with Crippen molar-refractivity contribution in [1.82, 2.24) is 4.90 Å². The number of urea groups is 1. The number of rotatable bonds is 3. The van der Waals surface area contributed by atoms with Gasteiger partial charge >= 0.3 is 6.03 Å². The average molecular weight is 325 g/mol. The molecule has 6 nitrogen and oxygen atoms in total. The van der Waals surface area contributed by atoms with E-state index in [0.29, 0.717) is 12.2 Å². The van der Waals surface area contributed by atoms with Crippen LogP contribution in [0.5, 0.6) is 0 Å². The Bertz CT molecular complexity index is 758. The van der Waals surface area contributed by atoms with Crippen LogP contribution in [0.1, 0.15) is 30.0 Å². The molecule has 0 aliphatic carbocycles. The summed E-state index contributed by atoms with van der Waals surface area (Å²) < 4.78 is 0. The van der Waals surface area contributed by atoms with Crippen LogP contribution in [0.4, 0.5) is 16.2 Å². The number of carbonyl (C=O) groups is 1. The minimum Gasteiger partial charge on any atom is -0.317 e. The highest BCUT2D eigenvalue weighted by molar-refractivity contribution is 5.90. The smallest absolute Gasteiger partial charge is 0.317 e. The van der Waals surface area contributed by atoms with Crippen molar-refractivity contribution in [2.45, 2.75) is 25.8 Å². The molecule has 2 aromatic carbocycles. The monoisotopic (exact) mass is 325 g/mol. The van der Waals surface area contributed by atoms with E-state index in [2.05, 4.69) is 17.4 Å². The van der Waals surface area contributed by atoms with Gasteiger partial charge in [-0.3, -0.25) is 10.1 Å². The molecule has 0 aromatic heterocycles. The van der Waals surface area contributed by atoms with Crippen molar-refractivity contribution < 1.29 is 9.72 Å². The fourth-order valence-corrected chi connectivity index (χ4v) is 3.10. The predicted octanol–water partition coefficient (Wildman–Crippen LogP) is 4.27. The number of non-ortho nitro benzene ring substituents is 1. The van der Waals surface area contributed by atoms with Crippen LogP contribution >= 0.6 is 0 Å². The van der Waals surface area contributed by atoms with E-state index >= 15 is 0 Å². The number of nitro groups is 1. The largest absolute Gasteiger partial charge is 0.322 e. The quantitative estimate of drug-likeness (QED) is 0.676. The molecule has 1 atom stereocenters. The zero-order valence-electron chi connectivity index (χ0n) is 13.4. The zero-order valence-corrected chi connectivity index (χ0v) is 13.4. The molecule has 24 heavy (non-hydrogen) atoms. The molecule has 0 bridgehead atoms. The van der Waals surface area contributed by atoms with Crippen molar-refractivity contribution in [2.24, 2.45) is 0 Å². The van der Waals surface area contributed by atoms with Gasteiger partial charge in [-0.25, -0.2) is 4.79 Å². The molecule has 124 valence electrons. The lowest BCUT2D eigenvalue weighted by atomic mass is 10.0. The van der Waals surface area contributed by atoms with E-state index in [0.717, 1.165) is 18.4 Å². The van der Waals surface area contributed by atoms with Crippen LogP contribution in [0.15, 0.2) is 48.5 Å². The first kappa shape index (κ1) is 16.0. The number of nitrogens with zero attached hydrogens (tertiary/aromatic N) is 2. The summed E-state index contributed by atoms with van der Waals surface area (Å²) >= 11 is 0. The summed E-state index contributed by atoms with van der Waals surface area (Å²) in [6.07, 6.45) is 1.91. The van der Waals surface area contributed by atoms with E-state index in [4.69, 9.17) is 0 Å². The first-order valence-corrected chi connectivity index (χ1v) is 7.93. The second kappa shape index (κ2) is 6.70. The third kappa shape index (κ3) is 3.37. The minimum absolute atomic E-state index is 0.00630. The third-order valence-electron chi connectivity index (χ3n) is 4.27. The SMILES string of the molecule is Cc1cccc([C@H]2CCCN2C(=O)Nc2ccc([N+](=O)[O-])cc2)c1. The molecule has 0 radical (unpaired) electrons. The highest BCUT2D eigenvalue weighted by Gasteiger charge is 2.30. The lowest BCUT2D eigenvalue weighted by Crippen LogP contribution is -2.34. The van der Waals surface area contributed by atoms with E-state index in [1.165, 1.54) is 17.7 Å². The van der Waals surface area contributed by atoms with E-state index in [-0.39, 0.29) is 17.8 Å². The number of aryl methyl sites for hydroxylation is 1. The van der Waals surface area contributed by atoms with Crippen LogP contribution in [0.25, 0.3) is 0 Å². The number of carbonyl (C=O) groups excluding carboxylic acids is 1. The Labute approximate surface area is 140 Å². The van der Waals surface area contributed by atoms with Crippen molar-refractivity contribution in [3.05, 3.63) is 69.8 Å². The molecule has 1 fully saturated rings. The second-order valence-corrected chi connectivity index (χ2v) is 6.00. The fraction of sp³-hybridized carbons (Fsp3) is 0.278. The summed E-state index contributed by atoms with van der Waals surface area (Å²) in [6, 6.07) is 14.0. The summed E-state index contributed by atoms with van der Waals surface area (Å²) in [7, 11) is 0. The highest BCUT2D eigenvalue weighted by Crippen LogP contribution is 2.32. The van der Waals surface area contributed by atoms with Crippen LogP contribution in [0.3, 0.4) is 0 Å². The number of hydrogen-bond donors (Lipinski definition) is 1. The van der Waals surface area contributed by atoms with Crippen LogP contribution in [-0.4, -0.2) is 22.4 Å². The molecule has 1 saturated heterocycles. The Morgan fingerprint density at radius 2 is 2.00 bits per heavy atom. The van der Waals surface area contributed by atoms with Crippen LogP contribution in [0, 0.1) is 17.0 Å². The normalized spacial score (nSPS) is 16.9. The molecule has 0 saturated carbocycles. The van der Waals surface area contributed by atoms with Gasteiger partial charge in [-0.05, 0) is 37.5 Å². The number of nitro benzene ring substituents is 1. The van der Waals surface area contributed by atoms with Crippen molar-refractivity contribution in [3.63, 3.8) is 0 Å². The molecule has 2 aromatic rings. The molecule has 0 spiro atoms. The van der Waals surface area contributed by atoms with Crippen LogP contribution in [0.2, 0.25) is 0 Å². The van der Waals surface area contributed by atoms with Crippen molar-refractivity contribution in [3.8, 4) is 0 Å². The van der Waals surface area contributed by atoms with Gasteiger partial charge in [-0.2, -0.15) is 0 Å². The molecule has 6 heteroatoms. The van der Waals surface area contributed by atoms with E-state index in [9.17, 15) is 14.9 Å². The topological polar surface area (TPSA) is 75.5 Å². The Kier molecular flexibility index (Phi) is 4.46. The Hall–Kier alpha value is -2.89. The lowest BCUT2D eigenvalue weighted by molar-refractivity contribution is -0.384. The van der Waals surface area contributed by atoms with Gasteiger partial charge in [-0.15, -0.1) is 0 Å². The molecule has 1 N–H and O–H groups in total. The predicted molar refractivity (Wildman–Crippen MR) is 92.0 cm³/mol. The number of likely N-dealkylation sites (tertiary alicyclic amines) is 1. The number of amides is 2. The van der Waals surface area contributed by atoms with Gasteiger partial charge in [0.2, 0.25) is 0 Å². The molecular weight excluding hydrogens is 306 g/mol. The average Bonchev–Trinajstić information content (AvgIpc) is 3.05. The maximum absolute atomic E-state index is 12.6. The van der Waals surface area contributed by atoms with Gasteiger partial charge in [0, 0.05) is 24.4 Å². The molecule has 1 aliphatic heterocycles. The van der Waals surface area contributed by atoms with Crippen LogP contribution < -0.4 is 5.32 Å². The van der Waals surface area contributed by atoms with Gasteiger partial charge in [0.1, 0.15) is 0 Å². The summed E-state index contributed by atoms with van der Waals surface area (Å²) in [4.78, 5) is 24.6. The standard InChI is InChI=1S/C18H19N3O3/c1-13-4-2-5-14(12-13)17-6-3-11-20(17)18(22)19-15-7-9-16(10-8-15)21(23)24/h2,4-5,7-10,12,17H,3,6,11H2,1H3,(H,19,22)/t17-/m1/s1. The first-order chi connectivity index (χ1) is 11.5. The number of benzene rings is 2. The van der Waals surface area contributed by atoms with Gasteiger partial charge in [0.05, 0.1) is 11.0 Å². The number of nitrogens with one attached hydrogen (secondary N) is 1. The van der Waals surface area contributed by atoms with Crippen molar-refractivity contribution >= 4 is 17.4 Å². The summed E-state index contributed by atoms with van der Waals surface area (Å²) in [6.45, 7) is 2.75. The summed E-state index contributed by atoms with van der Waals surface area (Å²) in [5, 5.41) is 13.5. The molecule has 0 unspecified atom stereocenters. The molecule has 2 amide bonds. The third-order valence-corrected chi connectivity index (χ3v) is 4.27. The van der Waals surface area contributed by atoms with Crippen molar-refractivity contribution in [1.29, 1.82) is 0 Å². The number of hydrogen-bond acceptors (Lipinski definition) is 3. The Morgan fingerprint density at radius 1 is 1.25 bits per heavy atom. The van der Waals surface area contributed by atoms with Crippen molar-refractivity contribution in [2.75, 3.05) is 11.9 Å².